The van der Waals surface area contributed by atoms with E-state index in [2.05, 4.69) is 16.6 Å². The smallest absolute Gasteiger partial charge is 0.408 e. The van der Waals surface area contributed by atoms with Gasteiger partial charge in [0.25, 0.3) is 5.91 Å². The second-order valence-corrected chi connectivity index (χ2v) is 12.9. The summed E-state index contributed by atoms with van der Waals surface area (Å²) in [5.74, 6) is 1.62. The Hall–Kier alpha value is -4.48. The van der Waals surface area contributed by atoms with Crippen LogP contribution in [0.4, 0.5) is 10.5 Å². The number of aryl methyl sites for hydroxylation is 1. The molecule has 3 aromatic rings. The molecular formula is C35H40ClN3O5. The van der Waals surface area contributed by atoms with Gasteiger partial charge >= 0.3 is 6.09 Å². The third-order valence-corrected chi connectivity index (χ3v) is 7.03. The highest BCUT2D eigenvalue weighted by Gasteiger charge is 2.43. The Morgan fingerprint density at radius 2 is 1.61 bits per heavy atom. The number of rotatable bonds is 8. The Labute approximate surface area is 264 Å². The monoisotopic (exact) mass is 617 g/mol. The van der Waals surface area contributed by atoms with Crippen LogP contribution in [0.5, 0.6) is 5.75 Å². The van der Waals surface area contributed by atoms with E-state index in [-0.39, 0.29) is 12.2 Å². The predicted molar refractivity (Wildman–Crippen MR) is 174 cm³/mol. The molecule has 0 aromatic heterocycles. The molecule has 3 aromatic carbocycles. The number of carbonyl (C=O) groups is 3. The second-order valence-electron chi connectivity index (χ2n) is 12.5. The van der Waals surface area contributed by atoms with Crippen LogP contribution in [-0.4, -0.2) is 45.1 Å². The van der Waals surface area contributed by atoms with Gasteiger partial charge in [-0.1, -0.05) is 60.0 Å². The summed E-state index contributed by atoms with van der Waals surface area (Å²) < 4.78 is 5.49. The Kier molecular flexibility index (Phi) is 10.7. The van der Waals surface area contributed by atoms with Gasteiger partial charge in [-0.3, -0.25) is 9.59 Å². The first-order chi connectivity index (χ1) is 20.5. The Morgan fingerprint density at radius 3 is 2.18 bits per heavy atom. The fourth-order valence-corrected chi connectivity index (χ4v) is 5.05. The molecule has 0 heterocycles. The quantitative estimate of drug-likeness (QED) is 0.242. The Morgan fingerprint density at radius 1 is 0.977 bits per heavy atom. The molecule has 0 bridgehead atoms. The minimum Gasteiger partial charge on any atom is -0.508 e. The van der Waals surface area contributed by atoms with Crippen molar-refractivity contribution in [3.63, 3.8) is 0 Å². The summed E-state index contributed by atoms with van der Waals surface area (Å²) in [6.07, 6.45) is 5.14. The molecular weight excluding hydrogens is 578 g/mol. The molecule has 0 fully saturated rings. The van der Waals surface area contributed by atoms with E-state index in [4.69, 9.17) is 22.8 Å². The highest BCUT2D eigenvalue weighted by atomic mass is 35.5. The molecule has 9 heteroatoms. The van der Waals surface area contributed by atoms with Crippen LogP contribution in [-0.2, 0) is 20.7 Å². The number of aromatic hydroxyl groups is 1. The first-order valence-electron chi connectivity index (χ1n) is 14.2. The number of ether oxygens (including phenoxy) is 1. The zero-order chi connectivity index (χ0) is 32.8. The second kappa shape index (κ2) is 13.9. The maximum atomic E-state index is 14.7. The Balaban J connectivity index is 2.18. The van der Waals surface area contributed by atoms with Crippen LogP contribution < -0.4 is 10.6 Å². The average Bonchev–Trinajstić information content (AvgIpc) is 2.92. The van der Waals surface area contributed by atoms with Crippen LogP contribution in [0.2, 0.25) is 5.02 Å². The minimum absolute atomic E-state index is 0.0552. The fourth-order valence-electron chi connectivity index (χ4n) is 4.78. The number of halogens is 1. The van der Waals surface area contributed by atoms with Gasteiger partial charge in [0, 0.05) is 17.5 Å². The normalized spacial score (nSPS) is 12.8. The minimum atomic E-state index is -1.21. The third-order valence-electron chi connectivity index (χ3n) is 6.71. The number of nitrogens with one attached hydrogen (secondary N) is 2. The van der Waals surface area contributed by atoms with Crippen molar-refractivity contribution in [2.75, 3.05) is 5.32 Å². The fraction of sp³-hybridized carbons (Fsp3) is 0.343. The summed E-state index contributed by atoms with van der Waals surface area (Å²) in [6, 6.07) is 16.1. The van der Waals surface area contributed by atoms with Crippen LogP contribution in [0.1, 0.15) is 69.8 Å². The molecule has 0 radical (unpaired) electrons. The molecule has 0 saturated heterocycles. The molecule has 3 amide bonds. The molecule has 0 saturated carbocycles. The lowest BCUT2D eigenvalue weighted by molar-refractivity contribution is -0.146. The number of benzene rings is 3. The maximum absolute atomic E-state index is 14.7. The predicted octanol–water partition coefficient (Wildman–Crippen LogP) is 6.78. The first-order valence-corrected chi connectivity index (χ1v) is 14.6. The number of hydrogen-bond acceptors (Lipinski definition) is 5. The molecule has 0 aliphatic rings. The average molecular weight is 618 g/mol. The SMILES string of the molecule is C#Cc1ccccc1C(C(=O)Nc1c(C)cccc1Cl)N(C(=O)C(Cc1ccc(O)cc1)NC(=O)OC(C)(C)C)C(C)(C)C. The van der Waals surface area contributed by atoms with E-state index >= 15 is 0 Å². The molecule has 0 spiro atoms. The van der Waals surface area contributed by atoms with Crippen molar-refractivity contribution in [1.29, 1.82) is 0 Å². The van der Waals surface area contributed by atoms with Crippen molar-refractivity contribution in [3.8, 4) is 18.1 Å². The zero-order valence-electron chi connectivity index (χ0n) is 26.2. The van der Waals surface area contributed by atoms with Gasteiger partial charge in [0.2, 0.25) is 5.91 Å². The lowest BCUT2D eigenvalue weighted by atomic mass is 9.91. The van der Waals surface area contributed by atoms with Gasteiger partial charge < -0.3 is 25.4 Å². The van der Waals surface area contributed by atoms with Gasteiger partial charge in [-0.25, -0.2) is 4.79 Å². The van der Waals surface area contributed by atoms with E-state index in [1.54, 1.807) is 90.1 Å². The zero-order valence-corrected chi connectivity index (χ0v) is 27.0. The maximum Gasteiger partial charge on any atom is 0.408 e. The molecule has 0 aliphatic carbocycles. The number of phenols is 1. The van der Waals surface area contributed by atoms with Crippen LogP contribution in [0.15, 0.2) is 66.7 Å². The number of carbonyl (C=O) groups excluding carboxylic acids is 3. The van der Waals surface area contributed by atoms with E-state index in [1.165, 1.54) is 17.0 Å². The summed E-state index contributed by atoms with van der Waals surface area (Å²) in [6.45, 7) is 12.4. The van der Waals surface area contributed by atoms with Crippen LogP contribution in [0.3, 0.4) is 0 Å². The number of amides is 3. The number of nitrogens with zero attached hydrogens (tertiary/aromatic N) is 1. The highest BCUT2D eigenvalue weighted by molar-refractivity contribution is 6.34. The summed E-state index contributed by atoms with van der Waals surface area (Å²) in [5.41, 5.74) is 0.918. The van der Waals surface area contributed by atoms with Gasteiger partial charge in [-0.2, -0.15) is 0 Å². The van der Waals surface area contributed by atoms with Gasteiger partial charge in [0.1, 0.15) is 23.4 Å². The molecule has 44 heavy (non-hydrogen) atoms. The summed E-state index contributed by atoms with van der Waals surface area (Å²) in [4.78, 5) is 43.5. The number of para-hydroxylation sites is 1. The topological polar surface area (TPSA) is 108 Å². The third kappa shape index (κ3) is 8.77. The number of alkyl carbamates (subject to hydrolysis) is 1. The van der Waals surface area contributed by atoms with E-state index in [9.17, 15) is 19.5 Å². The van der Waals surface area contributed by atoms with Crippen molar-refractivity contribution in [2.45, 2.75) is 78.1 Å². The largest absolute Gasteiger partial charge is 0.508 e. The van der Waals surface area contributed by atoms with E-state index in [1.807, 2.05) is 13.0 Å². The van der Waals surface area contributed by atoms with Gasteiger partial charge in [0.15, 0.2) is 0 Å². The van der Waals surface area contributed by atoms with E-state index < -0.39 is 41.1 Å². The summed E-state index contributed by atoms with van der Waals surface area (Å²) >= 11 is 6.47. The lowest BCUT2D eigenvalue weighted by Crippen LogP contribution is -2.58. The summed E-state index contributed by atoms with van der Waals surface area (Å²) in [7, 11) is 0. The van der Waals surface area contributed by atoms with Crippen molar-refractivity contribution in [3.05, 3.63) is 94.0 Å². The van der Waals surface area contributed by atoms with Gasteiger partial charge in [-0.05, 0) is 89.4 Å². The molecule has 3 rings (SSSR count). The van der Waals surface area contributed by atoms with E-state index in [0.717, 1.165) is 5.56 Å². The number of phenolic OH excluding ortho intramolecular Hbond substituents is 1. The van der Waals surface area contributed by atoms with Crippen molar-refractivity contribution in [2.24, 2.45) is 0 Å². The molecule has 0 aliphatic heterocycles. The van der Waals surface area contributed by atoms with Crippen LogP contribution >= 0.6 is 11.6 Å². The molecule has 232 valence electrons. The Bertz CT molecular complexity index is 1530. The van der Waals surface area contributed by atoms with Gasteiger partial charge in [0.05, 0.1) is 10.7 Å². The number of anilines is 1. The molecule has 8 nitrogen and oxygen atoms in total. The molecule has 3 N–H and O–H groups in total. The van der Waals surface area contributed by atoms with Crippen molar-refractivity contribution >= 4 is 35.2 Å². The number of hydrogen-bond donors (Lipinski definition) is 3. The van der Waals surface area contributed by atoms with Crippen molar-refractivity contribution in [1.82, 2.24) is 10.2 Å². The first kappa shape index (κ1) is 34.0. The lowest BCUT2D eigenvalue weighted by Gasteiger charge is -2.43. The molecule has 2 unspecified atom stereocenters. The number of terminal acetylenes is 1. The molecule has 2 atom stereocenters. The van der Waals surface area contributed by atoms with Crippen LogP contribution in [0, 0.1) is 19.3 Å². The van der Waals surface area contributed by atoms with E-state index in [0.29, 0.717) is 27.4 Å². The highest BCUT2D eigenvalue weighted by Crippen LogP contribution is 2.34. The van der Waals surface area contributed by atoms with Gasteiger partial charge in [-0.15, -0.1) is 6.42 Å². The van der Waals surface area contributed by atoms with Crippen LogP contribution in [0.25, 0.3) is 0 Å². The summed E-state index contributed by atoms with van der Waals surface area (Å²) in [5, 5.41) is 15.8. The van der Waals surface area contributed by atoms with Crippen molar-refractivity contribution < 1.29 is 24.2 Å². The standard InChI is InChI=1S/C35H40ClN3O5/c1-9-24-14-10-11-15-26(24)30(31(41)38-29-22(2)13-12-16-27(29)36)39(34(3,4)5)32(42)28(37-33(43)44-35(6,7)8)21-23-17-19-25(40)20-18-23/h1,10-20,28,30,40H,21H2,2-8H3,(H,37,43)(H,38,41).